The summed E-state index contributed by atoms with van der Waals surface area (Å²) in [5.74, 6) is 0.268. The first-order valence-electron chi connectivity index (χ1n) is 10.8. The Bertz CT molecular complexity index is 1010. The van der Waals surface area contributed by atoms with Crippen molar-refractivity contribution >= 4 is 27.5 Å². The summed E-state index contributed by atoms with van der Waals surface area (Å²) in [5.41, 5.74) is 3.78. The highest BCUT2D eigenvalue weighted by molar-refractivity contribution is 7.18. The van der Waals surface area contributed by atoms with Crippen LogP contribution in [0.15, 0.2) is 48.5 Å². The lowest BCUT2D eigenvalue weighted by atomic mass is 9.99. The lowest BCUT2D eigenvalue weighted by molar-refractivity contribution is -0.138. The van der Waals surface area contributed by atoms with Gasteiger partial charge in [0.15, 0.2) is 0 Å². The molecule has 0 N–H and O–H groups in total. The molecule has 5 rings (SSSR count). The van der Waals surface area contributed by atoms with Crippen LogP contribution in [0, 0.1) is 0 Å². The largest absolute Gasteiger partial charge is 0.337 e. The minimum atomic E-state index is -0.0557. The number of amides is 1. The Balaban J connectivity index is 1.15. The summed E-state index contributed by atoms with van der Waals surface area (Å²) in [5, 5.41) is 1.18. The van der Waals surface area contributed by atoms with E-state index >= 15 is 0 Å². The summed E-state index contributed by atoms with van der Waals surface area (Å²) in [6.45, 7) is 8.39. The van der Waals surface area contributed by atoms with Crippen LogP contribution < -0.4 is 0 Å². The Morgan fingerprint density at radius 2 is 1.73 bits per heavy atom. The van der Waals surface area contributed by atoms with Crippen LogP contribution >= 0.6 is 11.3 Å². The summed E-state index contributed by atoms with van der Waals surface area (Å²) in [6.07, 6.45) is 0.963. The summed E-state index contributed by atoms with van der Waals surface area (Å²) >= 11 is 1.79. The molecule has 0 unspecified atom stereocenters. The molecule has 1 fully saturated rings. The molecule has 3 aromatic rings. The van der Waals surface area contributed by atoms with Gasteiger partial charge in [-0.1, -0.05) is 36.4 Å². The Kier molecular flexibility index (Phi) is 5.54. The van der Waals surface area contributed by atoms with Gasteiger partial charge in [0.25, 0.3) is 0 Å². The molecule has 1 aromatic heterocycles. The van der Waals surface area contributed by atoms with Crippen LogP contribution in [0.3, 0.4) is 0 Å². The lowest BCUT2D eigenvalue weighted by Crippen LogP contribution is -2.54. The quantitative estimate of drug-likeness (QED) is 0.649. The molecular formula is C24H28N4OS. The van der Waals surface area contributed by atoms with Crippen LogP contribution in [0.5, 0.6) is 0 Å². The molecular weight excluding hydrogens is 392 g/mol. The first kappa shape index (κ1) is 19.7. The standard InChI is InChI=1S/C24H28N4OS/c1-18(24(29)28-11-10-19-6-2-3-7-20(19)16-28)27-14-12-26(13-15-27)17-23-25-21-8-4-5-9-22(21)30-23/h2-9,18H,10-17H2,1H3/t18-/m0/s1. The number of piperazine rings is 1. The first-order valence-corrected chi connectivity index (χ1v) is 11.7. The maximum absolute atomic E-state index is 13.1. The van der Waals surface area contributed by atoms with E-state index in [1.807, 2.05) is 11.0 Å². The third kappa shape index (κ3) is 4.00. The van der Waals surface area contributed by atoms with Crippen molar-refractivity contribution in [3.63, 3.8) is 0 Å². The van der Waals surface area contributed by atoms with E-state index < -0.39 is 0 Å². The zero-order chi connectivity index (χ0) is 20.5. The maximum Gasteiger partial charge on any atom is 0.239 e. The van der Waals surface area contributed by atoms with Crippen LogP contribution in [0.25, 0.3) is 10.2 Å². The van der Waals surface area contributed by atoms with Crippen molar-refractivity contribution < 1.29 is 4.79 Å². The normalized spacial score (nSPS) is 19.0. The zero-order valence-electron chi connectivity index (χ0n) is 17.5. The van der Waals surface area contributed by atoms with Crippen LogP contribution in [-0.2, 0) is 24.3 Å². The van der Waals surface area contributed by atoms with Gasteiger partial charge >= 0.3 is 0 Å². The lowest BCUT2D eigenvalue weighted by Gasteiger charge is -2.39. The minimum Gasteiger partial charge on any atom is -0.337 e. The molecule has 2 aliphatic heterocycles. The van der Waals surface area contributed by atoms with E-state index in [4.69, 9.17) is 4.98 Å². The zero-order valence-corrected chi connectivity index (χ0v) is 18.3. The number of aromatic nitrogens is 1. The van der Waals surface area contributed by atoms with Crippen molar-refractivity contribution in [2.75, 3.05) is 32.7 Å². The van der Waals surface area contributed by atoms with E-state index in [9.17, 15) is 4.79 Å². The smallest absolute Gasteiger partial charge is 0.239 e. The maximum atomic E-state index is 13.1. The molecule has 6 heteroatoms. The average molecular weight is 421 g/mol. The number of carbonyl (C=O) groups excluding carboxylic acids is 1. The Morgan fingerprint density at radius 3 is 2.53 bits per heavy atom. The fraction of sp³-hybridized carbons (Fsp3) is 0.417. The summed E-state index contributed by atoms with van der Waals surface area (Å²) in [4.78, 5) is 24.8. The Hall–Kier alpha value is -2.28. The van der Waals surface area contributed by atoms with Gasteiger partial charge in [-0.05, 0) is 36.6 Å². The summed E-state index contributed by atoms with van der Waals surface area (Å²) < 4.78 is 1.26. The number of hydrogen-bond donors (Lipinski definition) is 0. The molecule has 5 nitrogen and oxygen atoms in total. The molecule has 30 heavy (non-hydrogen) atoms. The van der Waals surface area contributed by atoms with Gasteiger partial charge in [-0.3, -0.25) is 14.6 Å². The Labute approximate surface area is 181 Å². The molecule has 1 saturated heterocycles. The SMILES string of the molecule is C[C@@H](C(=O)N1CCc2ccccc2C1)N1CCN(Cc2nc3ccccc3s2)CC1. The number of thiazole rings is 1. The van der Waals surface area contributed by atoms with Crippen molar-refractivity contribution in [1.82, 2.24) is 19.7 Å². The number of para-hydroxylation sites is 1. The molecule has 0 spiro atoms. The van der Waals surface area contributed by atoms with Gasteiger partial charge in [0.05, 0.1) is 22.8 Å². The van der Waals surface area contributed by atoms with Crippen molar-refractivity contribution in [3.05, 3.63) is 64.7 Å². The van der Waals surface area contributed by atoms with Crippen molar-refractivity contribution in [2.45, 2.75) is 32.5 Å². The fourth-order valence-corrected chi connectivity index (χ4v) is 5.60. The number of benzene rings is 2. The van der Waals surface area contributed by atoms with Gasteiger partial charge < -0.3 is 4.90 Å². The number of rotatable bonds is 4. The van der Waals surface area contributed by atoms with Gasteiger partial charge in [0.2, 0.25) is 5.91 Å². The fourth-order valence-electron chi connectivity index (χ4n) is 4.59. The van der Waals surface area contributed by atoms with Gasteiger partial charge in [-0.25, -0.2) is 4.98 Å². The van der Waals surface area contributed by atoms with Crippen molar-refractivity contribution in [2.24, 2.45) is 0 Å². The first-order chi connectivity index (χ1) is 14.7. The van der Waals surface area contributed by atoms with Crippen LogP contribution in [0.4, 0.5) is 0 Å². The summed E-state index contributed by atoms with van der Waals surface area (Å²) in [6, 6.07) is 16.8. The Morgan fingerprint density at radius 1 is 1.00 bits per heavy atom. The van der Waals surface area contributed by atoms with Crippen LogP contribution in [0.2, 0.25) is 0 Å². The molecule has 2 aromatic carbocycles. The van der Waals surface area contributed by atoms with Gasteiger partial charge in [-0.15, -0.1) is 11.3 Å². The molecule has 1 atom stereocenters. The topological polar surface area (TPSA) is 39.7 Å². The van der Waals surface area contributed by atoms with E-state index in [1.165, 1.54) is 20.8 Å². The third-order valence-electron chi connectivity index (χ3n) is 6.45. The number of hydrogen-bond acceptors (Lipinski definition) is 5. The number of fused-ring (bicyclic) bond motifs is 2. The second-order valence-corrected chi connectivity index (χ2v) is 9.46. The molecule has 0 radical (unpaired) electrons. The highest BCUT2D eigenvalue weighted by Gasteiger charge is 2.30. The van der Waals surface area contributed by atoms with Gasteiger partial charge in [0.1, 0.15) is 5.01 Å². The highest BCUT2D eigenvalue weighted by atomic mass is 32.1. The van der Waals surface area contributed by atoms with E-state index in [0.717, 1.165) is 57.8 Å². The highest BCUT2D eigenvalue weighted by Crippen LogP contribution is 2.24. The van der Waals surface area contributed by atoms with E-state index in [2.05, 4.69) is 59.2 Å². The van der Waals surface area contributed by atoms with Gasteiger partial charge in [-0.2, -0.15) is 0 Å². The summed E-state index contributed by atoms with van der Waals surface area (Å²) in [7, 11) is 0. The van der Waals surface area contributed by atoms with E-state index in [1.54, 1.807) is 11.3 Å². The average Bonchev–Trinajstić information content (AvgIpc) is 3.20. The minimum absolute atomic E-state index is 0.0557. The molecule has 0 bridgehead atoms. The predicted molar refractivity (Wildman–Crippen MR) is 121 cm³/mol. The van der Waals surface area contributed by atoms with Crippen molar-refractivity contribution in [3.8, 4) is 0 Å². The van der Waals surface area contributed by atoms with E-state index in [-0.39, 0.29) is 11.9 Å². The molecule has 3 heterocycles. The number of carbonyl (C=O) groups is 1. The second kappa shape index (κ2) is 8.46. The molecule has 2 aliphatic rings. The molecule has 156 valence electrons. The second-order valence-electron chi connectivity index (χ2n) is 8.34. The third-order valence-corrected chi connectivity index (χ3v) is 7.47. The van der Waals surface area contributed by atoms with Crippen molar-refractivity contribution in [1.29, 1.82) is 0 Å². The molecule has 0 aliphatic carbocycles. The predicted octanol–water partition coefficient (Wildman–Crippen LogP) is 3.39. The molecule has 0 saturated carbocycles. The van der Waals surface area contributed by atoms with Crippen LogP contribution in [0.1, 0.15) is 23.1 Å². The monoisotopic (exact) mass is 420 g/mol. The van der Waals surface area contributed by atoms with E-state index in [0.29, 0.717) is 0 Å². The molecule has 1 amide bonds. The number of nitrogens with zero attached hydrogens (tertiary/aromatic N) is 4. The van der Waals surface area contributed by atoms with Gasteiger partial charge in [0, 0.05) is 39.3 Å². The van der Waals surface area contributed by atoms with Crippen LogP contribution in [-0.4, -0.2) is 64.4 Å².